The van der Waals surface area contributed by atoms with Crippen molar-refractivity contribution in [3.8, 4) is 0 Å². The zero-order valence-corrected chi connectivity index (χ0v) is 20.7. The summed E-state index contributed by atoms with van der Waals surface area (Å²) in [7, 11) is 0. The quantitative estimate of drug-likeness (QED) is 0.119. The van der Waals surface area contributed by atoms with Gasteiger partial charge in [-0.1, -0.05) is 30.3 Å². The van der Waals surface area contributed by atoms with Gasteiger partial charge in [0.2, 0.25) is 17.7 Å². The second-order valence-electron chi connectivity index (χ2n) is 8.63. The summed E-state index contributed by atoms with van der Waals surface area (Å²) in [5, 5.41) is 34.3. The Labute approximate surface area is 222 Å². The summed E-state index contributed by atoms with van der Waals surface area (Å²) in [5.74, 6) is -6.95. The lowest BCUT2D eigenvalue weighted by atomic mass is 10.0. The smallest absolute Gasteiger partial charge is 0.326 e. The number of H-pyrrole nitrogens is 1. The lowest BCUT2D eigenvalue weighted by Crippen LogP contribution is -2.58. The van der Waals surface area contributed by atoms with Crippen molar-refractivity contribution in [1.29, 1.82) is 0 Å². The minimum absolute atomic E-state index is 0.0539. The Kier molecular flexibility index (Phi) is 11.6. The number of aromatic nitrogens is 2. The fourth-order valence-corrected chi connectivity index (χ4v) is 3.52. The number of carboxylic acids is 3. The first-order chi connectivity index (χ1) is 18.5. The first-order valence-corrected chi connectivity index (χ1v) is 11.8. The van der Waals surface area contributed by atoms with E-state index in [4.69, 9.17) is 15.9 Å². The van der Waals surface area contributed by atoms with Crippen molar-refractivity contribution in [3.05, 3.63) is 54.1 Å². The maximum Gasteiger partial charge on any atom is 0.326 e. The second-order valence-corrected chi connectivity index (χ2v) is 8.63. The molecule has 0 aliphatic heterocycles. The number of aliphatic carboxylic acids is 3. The van der Waals surface area contributed by atoms with Crippen LogP contribution in [0.25, 0.3) is 0 Å². The van der Waals surface area contributed by atoms with Crippen molar-refractivity contribution >= 4 is 35.6 Å². The molecule has 4 atom stereocenters. The van der Waals surface area contributed by atoms with Gasteiger partial charge in [-0.05, 0) is 12.0 Å². The number of amides is 3. The number of nitrogens with one attached hydrogen (secondary N) is 4. The highest BCUT2D eigenvalue weighted by Gasteiger charge is 2.31. The molecule has 0 aliphatic rings. The molecule has 4 unspecified atom stereocenters. The molecule has 1 aromatic carbocycles. The zero-order chi connectivity index (χ0) is 28.9. The Morgan fingerprint density at radius 1 is 0.821 bits per heavy atom. The van der Waals surface area contributed by atoms with Crippen molar-refractivity contribution in [3.63, 3.8) is 0 Å². The van der Waals surface area contributed by atoms with Gasteiger partial charge in [0.25, 0.3) is 0 Å². The van der Waals surface area contributed by atoms with Crippen LogP contribution in [0.4, 0.5) is 0 Å². The van der Waals surface area contributed by atoms with Gasteiger partial charge in [-0.25, -0.2) is 9.78 Å². The molecular weight excluding hydrogens is 516 g/mol. The molecule has 0 radical (unpaired) electrons. The van der Waals surface area contributed by atoms with Crippen LogP contribution >= 0.6 is 0 Å². The number of rotatable bonds is 16. The number of carbonyl (C=O) groups excluding carboxylic acids is 3. The number of imidazole rings is 1. The van der Waals surface area contributed by atoms with Crippen molar-refractivity contribution in [1.82, 2.24) is 25.9 Å². The topological polar surface area (TPSA) is 254 Å². The van der Waals surface area contributed by atoms with Gasteiger partial charge in [-0.15, -0.1) is 0 Å². The minimum atomic E-state index is -1.77. The Balaban J connectivity index is 2.22. The Hall–Kier alpha value is -4.79. The van der Waals surface area contributed by atoms with Gasteiger partial charge in [0.1, 0.15) is 18.1 Å². The molecule has 0 aliphatic carbocycles. The van der Waals surface area contributed by atoms with Gasteiger partial charge in [-0.2, -0.15) is 0 Å². The monoisotopic (exact) mass is 546 g/mol. The van der Waals surface area contributed by atoms with Crippen LogP contribution in [0.2, 0.25) is 0 Å². The Morgan fingerprint density at radius 3 is 2.00 bits per heavy atom. The number of hydrogen-bond acceptors (Lipinski definition) is 8. The molecule has 15 nitrogen and oxygen atoms in total. The van der Waals surface area contributed by atoms with Crippen LogP contribution in [0.1, 0.15) is 30.5 Å². The van der Waals surface area contributed by atoms with Crippen LogP contribution in [0.5, 0.6) is 0 Å². The van der Waals surface area contributed by atoms with E-state index in [0.29, 0.717) is 11.3 Å². The summed E-state index contributed by atoms with van der Waals surface area (Å²) in [6.45, 7) is 0. The average Bonchev–Trinajstić information content (AvgIpc) is 3.38. The predicted octanol–water partition coefficient (Wildman–Crippen LogP) is -1.60. The van der Waals surface area contributed by atoms with E-state index < -0.39 is 72.6 Å². The maximum atomic E-state index is 13.2. The van der Waals surface area contributed by atoms with Crippen molar-refractivity contribution in [2.75, 3.05) is 0 Å². The Morgan fingerprint density at radius 2 is 1.44 bits per heavy atom. The Bertz CT molecular complexity index is 1160. The molecule has 1 heterocycles. The molecule has 0 bridgehead atoms. The summed E-state index contributed by atoms with van der Waals surface area (Å²) >= 11 is 0. The zero-order valence-electron chi connectivity index (χ0n) is 20.7. The third kappa shape index (κ3) is 10.6. The summed E-state index contributed by atoms with van der Waals surface area (Å²) in [6.07, 6.45) is 1.06. The SMILES string of the molecule is NC(Cc1cnc[nH]1)C(=O)NC(CCC(=O)O)C(=O)NC(Cc1ccccc1)C(=O)NC(CC(=O)O)C(=O)O. The molecule has 210 valence electrons. The van der Waals surface area contributed by atoms with Gasteiger partial charge in [0.15, 0.2) is 0 Å². The normalized spacial score (nSPS) is 13.8. The average molecular weight is 547 g/mol. The molecule has 3 amide bonds. The number of benzene rings is 1. The second kappa shape index (κ2) is 14.8. The van der Waals surface area contributed by atoms with Gasteiger partial charge in [0, 0.05) is 31.2 Å². The highest BCUT2D eigenvalue weighted by molar-refractivity contribution is 5.95. The van der Waals surface area contributed by atoms with E-state index in [9.17, 15) is 33.9 Å². The van der Waals surface area contributed by atoms with Crippen molar-refractivity contribution in [2.45, 2.75) is 56.3 Å². The molecule has 2 aromatic rings. The number of nitrogens with zero attached hydrogens (tertiary/aromatic N) is 1. The summed E-state index contributed by atoms with van der Waals surface area (Å²) in [4.78, 5) is 79.0. The maximum absolute atomic E-state index is 13.2. The fraction of sp³-hybridized carbons (Fsp3) is 0.375. The number of carboxylic acid groups (broad SMARTS) is 3. The van der Waals surface area contributed by atoms with E-state index in [0.717, 1.165) is 0 Å². The van der Waals surface area contributed by atoms with E-state index in [2.05, 4.69) is 25.9 Å². The first kappa shape index (κ1) is 30.4. The molecule has 39 heavy (non-hydrogen) atoms. The lowest BCUT2D eigenvalue weighted by Gasteiger charge is -2.25. The molecule has 2 rings (SSSR count). The lowest BCUT2D eigenvalue weighted by molar-refractivity contribution is -0.147. The number of aromatic amines is 1. The van der Waals surface area contributed by atoms with Crippen LogP contribution in [0, 0.1) is 0 Å². The predicted molar refractivity (Wildman–Crippen MR) is 133 cm³/mol. The largest absolute Gasteiger partial charge is 0.481 e. The van der Waals surface area contributed by atoms with Crippen LogP contribution in [0.3, 0.4) is 0 Å². The van der Waals surface area contributed by atoms with E-state index in [1.807, 2.05) is 0 Å². The van der Waals surface area contributed by atoms with Crippen LogP contribution in [-0.4, -0.2) is 85.1 Å². The molecule has 0 spiro atoms. The van der Waals surface area contributed by atoms with Gasteiger partial charge >= 0.3 is 17.9 Å². The molecular formula is C24H30N6O9. The van der Waals surface area contributed by atoms with Crippen molar-refractivity contribution < 1.29 is 44.1 Å². The molecule has 1 aromatic heterocycles. The van der Waals surface area contributed by atoms with Crippen LogP contribution in [-0.2, 0) is 41.6 Å². The first-order valence-electron chi connectivity index (χ1n) is 11.8. The molecule has 15 heteroatoms. The van der Waals surface area contributed by atoms with E-state index >= 15 is 0 Å². The van der Waals surface area contributed by atoms with E-state index in [1.165, 1.54) is 12.5 Å². The number of hydrogen-bond donors (Lipinski definition) is 8. The molecule has 9 N–H and O–H groups in total. The standard InChI is InChI=1S/C24H30N6O9/c25-15(9-14-11-26-12-27-14)21(35)28-16(6-7-19(31)32)22(36)29-17(8-13-4-2-1-3-5-13)23(37)30-18(24(38)39)10-20(33)34/h1-5,11-12,15-18H,6-10,25H2,(H,26,27)(H,28,35)(H,29,36)(H,30,37)(H,31,32)(H,33,34)(H,38,39). The minimum Gasteiger partial charge on any atom is -0.481 e. The number of carbonyl (C=O) groups is 6. The van der Waals surface area contributed by atoms with Gasteiger partial charge in [-0.3, -0.25) is 24.0 Å². The summed E-state index contributed by atoms with van der Waals surface area (Å²) in [6, 6.07) is 2.69. The van der Waals surface area contributed by atoms with Gasteiger partial charge in [0.05, 0.1) is 18.8 Å². The third-order valence-electron chi connectivity index (χ3n) is 5.52. The molecule has 0 fully saturated rings. The number of nitrogens with two attached hydrogens (primary N) is 1. The summed E-state index contributed by atoms with van der Waals surface area (Å²) in [5.41, 5.74) is 7.05. The fourth-order valence-electron chi connectivity index (χ4n) is 3.52. The summed E-state index contributed by atoms with van der Waals surface area (Å²) < 4.78 is 0. The van der Waals surface area contributed by atoms with Crippen LogP contribution < -0.4 is 21.7 Å². The molecule has 0 saturated heterocycles. The van der Waals surface area contributed by atoms with E-state index in [1.54, 1.807) is 30.3 Å². The third-order valence-corrected chi connectivity index (χ3v) is 5.52. The van der Waals surface area contributed by atoms with Crippen molar-refractivity contribution in [2.24, 2.45) is 5.73 Å². The van der Waals surface area contributed by atoms with E-state index in [-0.39, 0.29) is 19.3 Å². The van der Waals surface area contributed by atoms with Gasteiger partial charge < -0.3 is 42.0 Å². The highest BCUT2D eigenvalue weighted by atomic mass is 16.4. The highest BCUT2D eigenvalue weighted by Crippen LogP contribution is 2.07. The molecule has 0 saturated carbocycles. The van der Waals surface area contributed by atoms with Crippen LogP contribution in [0.15, 0.2) is 42.9 Å².